The fourth-order valence-corrected chi connectivity index (χ4v) is 3.42. The van der Waals surface area contributed by atoms with Crippen LogP contribution in [0, 0.1) is 18.6 Å². The van der Waals surface area contributed by atoms with Gasteiger partial charge in [0.1, 0.15) is 10.6 Å². The molecule has 3 rings (SSSR count). The number of aryl methyl sites for hydroxylation is 2. The molecule has 0 atom stereocenters. The molecule has 0 radical (unpaired) electrons. The maximum atomic E-state index is 12.6. The topological polar surface area (TPSA) is 58.0 Å². The zero-order valence-corrected chi connectivity index (χ0v) is 12.6. The minimum Gasteiger partial charge on any atom is -0.506 e. The Morgan fingerprint density at radius 2 is 2.05 bits per heavy atom. The predicted molar refractivity (Wildman–Crippen MR) is 83.7 cm³/mol. The monoisotopic (exact) mass is 304 g/mol. The Labute approximate surface area is 124 Å². The maximum absolute atomic E-state index is 12.6. The van der Waals surface area contributed by atoms with Crippen LogP contribution in [0.15, 0.2) is 29.1 Å². The number of nitrogens with one attached hydrogen (secondary N) is 1. The molecular formula is C14H12N2O2S2. The molecule has 3 aromatic rings. The number of hydrogen-bond acceptors (Lipinski definition) is 4. The lowest BCUT2D eigenvalue weighted by Gasteiger charge is -2.09. The van der Waals surface area contributed by atoms with Gasteiger partial charge in [0.15, 0.2) is 4.77 Å². The van der Waals surface area contributed by atoms with Crippen LogP contribution in [0.2, 0.25) is 0 Å². The van der Waals surface area contributed by atoms with E-state index in [4.69, 9.17) is 12.2 Å². The first-order valence-electron chi connectivity index (χ1n) is 6.03. The van der Waals surface area contributed by atoms with Gasteiger partial charge in [-0.3, -0.25) is 4.79 Å². The summed E-state index contributed by atoms with van der Waals surface area (Å²) in [6.45, 7) is 3.81. The quantitative estimate of drug-likeness (QED) is 0.677. The number of aromatic hydroxyl groups is 1. The van der Waals surface area contributed by atoms with E-state index in [2.05, 4.69) is 4.98 Å². The molecule has 0 aliphatic heterocycles. The van der Waals surface area contributed by atoms with E-state index >= 15 is 0 Å². The van der Waals surface area contributed by atoms with Gasteiger partial charge >= 0.3 is 0 Å². The minimum absolute atomic E-state index is 0.0397. The van der Waals surface area contributed by atoms with Gasteiger partial charge < -0.3 is 10.1 Å². The molecule has 2 heterocycles. The molecule has 0 unspecified atom stereocenters. The SMILES string of the molecule is Cc1ccc(-n2c(=S)[nH]c3sc(C)cc3c2=O)c(O)c1. The van der Waals surface area contributed by atoms with E-state index in [1.165, 1.54) is 15.9 Å². The summed E-state index contributed by atoms with van der Waals surface area (Å²) in [5, 5.41) is 10.6. The van der Waals surface area contributed by atoms with Gasteiger partial charge in [-0.15, -0.1) is 11.3 Å². The Morgan fingerprint density at radius 1 is 1.30 bits per heavy atom. The lowest BCUT2D eigenvalue weighted by molar-refractivity contribution is 0.471. The Morgan fingerprint density at radius 3 is 2.75 bits per heavy atom. The van der Waals surface area contributed by atoms with E-state index in [9.17, 15) is 9.90 Å². The van der Waals surface area contributed by atoms with Crippen molar-refractivity contribution in [2.24, 2.45) is 0 Å². The zero-order valence-electron chi connectivity index (χ0n) is 10.9. The standard InChI is InChI=1S/C14H12N2O2S2/c1-7-3-4-10(11(17)5-7)16-13(18)9-6-8(2)20-12(9)15-14(16)19/h3-6,17H,1-2H3,(H,15,19). The Hall–Kier alpha value is -1.92. The summed E-state index contributed by atoms with van der Waals surface area (Å²) < 4.78 is 1.61. The summed E-state index contributed by atoms with van der Waals surface area (Å²) in [6.07, 6.45) is 0. The molecule has 2 aromatic heterocycles. The highest BCUT2D eigenvalue weighted by Gasteiger charge is 2.12. The largest absolute Gasteiger partial charge is 0.506 e. The molecule has 20 heavy (non-hydrogen) atoms. The summed E-state index contributed by atoms with van der Waals surface area (Å²) in [4.78, 5) is 17.4. The second-order valence-corrected chi connectivity index (χ2v) is 6.31. The highest BCUT2D eigenvalue weighted by atomic mass is 32.1. The van der Waals surface area contributed by atoms with Gasteiger partial charge in [0, 0.05) is 4.88 Å². The van der Waals surface area contributed by atoms with E-state index in [0.717, 1.165) is 15.3 Å². The van der Waals surface area contributed by atoms with E-state index in [-0.39, 0.29) is 16.1 Å². The third kappa shape index (κ3) is 1.97. The van der Waals surface area contributed by atoms with Gasteiger partial charge in [-0.2, -0.15) is 0 Å². The first-order chi connectivity index (χ1) is 9.47. The Kier molecular flexibility index (Phi) is 2.99. The number of thiophene rings is 1. The highest BCUT2D eigenvalue weighted by Crippen LogP contribution is 2.24. The van der Waals surface area contributed by atoms with E-state index in [1.807, 2.05) is 26.0 Å². The molecule has 102 valence electrons. The normalized spacial score (nSPS) is 11.1. The number of benzene rings is 1. The second-order valence-electron chi connectivity index (χ2n) is 4.66. The average molecular weight is 304 g/mol. The molecule has 4 nitrogen and oxygen atoms in total. The lowest BCUT2D eigenvalue weighted by Crippen LogP contribution is -2.19. The number of nitrogens with zero attached hydrogens (tertiary/aromatic N) is 1. The predicted octanol–water partition coefficient (Wildman–Crippen LogP) is 3.43. The van der Waals surface area contributed by atoms with Crippen LogP contribution >= 0.6 is 23.6 Å². The number of aromatic nitrogens is 2. The summed E-state index contributed by atoms with van der Waals surface area (Å²) in [5.41, 5.74) is 1.10. The molecule has 0 spiro atoms. The van der Waals surface area contributed by atoms with E-state index < -0.39 is 0 Å². The highest BCUT2D eigenvalue weighted by molar-refractivity contribution is 7.71. The summed E-state index contributed by atoms with van der Waals surface area (Å²) >= 11 is 6.75. The van der Waals surface area contributed by atoms with Crippen LogP contribution in [-0.2, 0) is 0 Å². The number of phenolic OH excluding ortho intramolecular Hbond substituents is 1. The number of H-pyrrole nitrogens is 1. The molecule has 0 bridgehead atoms. The van der Waals surface area contributed by atoms with Gasteiger partial charge in [0.25, 0.3) is 5.56 Å². The van der Waals surface area contributed by atoms with Gasteiger partial charge in [-0.25, -0.2) is 4.57 Å². The van der Waals surface area contributed by atoms with Gasteiger partial charge in [0.05, 0.1) is 11.1 Å². The van der Waals surface area contributed by atoms with Crippen molar-refractivity contribution in [2.75, 3.05) is 0 Å². The number of phenols is 1. The molecular weight excluding hydrogens is 292 g/mol. The third-order valence-corrected chi connectivity index (χ3v) is 4.33. The van der Waals surface area contributed by atoms with Crippen molar-refractivity contribution in [2.45, 2.75) is 13.8 Å². The molecule has 0 aliphatic carbocycles. The van der Waals surface area contributed by atoms with Crippen LogP contribution in [0.5, 0.6) is 5.75 Å². The molecule has 6 heteroatoms. The Balaban J connectivity index is 2.42. The number of fused-ring (bicyclic) bond motifs is 1. The molecule has 0 aliphatic rings. The second kappa shape index (κ2) is 4.57. The molecule has 0 saturated heterocycles. The van der Waals surface area contributed by atoms with Crippen molar-refractivity contribution >= 4 is 33.8 Å². The number of rotatable bonds is 1. The van der Waals surface area contributed by atoms with Crippen LogP contribution in [0.4, 0.5) is 0 Å². The zero-order chi connectivity index (χ0) is 14.4. The fourth-order valence-electron chi connectivity index (χ4n) is 2.17. The molecule has 0 saturated carbocycles. The van der Waals surface area contributed by atoms with Crippen molar-refractivity contribution in [1.82, 2.24) is 9.55 Å². The van der Waals surface area contributed by atoms with Crippen molar-refractivity contribution < 1.29 is 5.11 Å². The average Bonchev–Trinajstić information content (AvgIpc) is 2.72. The lowest BCUT2D eigenvalue weighted by atomic mass is 10.2. The van der Waals surface area contributed by atoms with Gasteiger partial charge in [-0.1, -0.05) is 6.07 Å². The van der Waals surface area contributed by atoms with Crippen LogP contribution < -0.4 is 5.56 Å². The Bertz CT molecular complexity index is 934. The summed E-state index contributed by atoms with van der Waals surface area (Å²) in [7, 11) is 0. The van der Waals surface area contributed by atoms with Gasteiger partial charge in [-0.05, 0) is 49.8 Å². The molecule has 0 fully saturated rings. The number of hydrogen-bond donors (Lipinski definition) is 2. The van der Waals surface area contributed by atoms with Crippen LogP contribution in [-0.4, -0.2) is 14.7 Å². The first-order valence-corrected chi connectivity index (χ1v) is 7.25. The van der Waals surface area contributed by atoms with Crippen LogP contribution in [0.3, 0.4) is 0 Å². The minimum atomic E-state index is -0.216. The summed E-state index contributed by atoms with van der Waals surface area (Å²) in [5.74, 6) is 0.0397. The first kappa shape index (κ1) is 13.1. The smallest absolute Gasteiger partial charge is 0.267 e. The number of aromatic amines is 1. The van der Waals surface area contributed by atoms with Crippen molar-refractivity contribution in [3.8, 4) is 11.4 Å². The van der Waals surface area contributed by atoms with E-state index in [0.29, 0.717) is 11.1 Å². The van der Waals surface area contributed by atoms with Crippen molar-refractivity contribution in [1.29, 1.82) is 0 Å². The molecule has 1 aromatic carbocycles. The molecule has 0 amide bonds. The van der Waals surface area contributed by atoms with Crippen molar-refractivity contribution in [3.63, 3.8) is 0 Å². The maximum Gasteiger partial charge on any atom is 0.267 e. The van der Waals surface area contributed by atoms with Crippen LogP contribution in [0.1, 0.15) is 10.4 Å². The summed E-state index contributed by atoms with van der Waals surface area (Å²) in [6, 6.07) is 6.97. The van der Waals surface area contributed by atoms with Crippen molar-refractivity contribution in [3.05, 3.63) is 49.8 Å². The van der Waals surface area contributed by atoms with Gasteiger partial charge in [0.2, 0.25) is 0 Å². The van der Waals surface area contributed by atoms with Crippen LogP contribution in [0.25, 0.3) is 15.9 Å². The third-order valence-electron chi connectivity index (χ3n) is 3.08. The van der Waals surface area contributed by atoms with E-state index in [1.54, 1.807) is 12.1 Å². The fraction of sp³-hybridized carbons (Fsp3) is 0.143. The molecule has 2 N–H and O–H groups in total.